The molecule has 1 N–H and O–H groups in total. The molecule has 1 aliphatic heterocycles. The van der Waals surface area contributed by atoms with Gasteiger partial charge in [-0.3, -0.25) is 9.69 Å². The summed E-state index contributed by atoms with van der Waals surface area (Å²) < 4.78 is 5.11. The second-order valence-corrected chi connectivity index (χ2v) is 5.86. The van der Waals surface area contributed by atoms with Crippen molar-refractivity contribution in [2.75, 3.05) is 13.1 Å². The Kier molecular flexibility index (Phi) is 3.31. The SMILES string of the molecule is Cc1cc(C2CC(N3CCCC(C(=O)O)C3)C2)no1. The van der Waals surface area contributed by atoms with E-state index in [-0.39, 0.29) is 5.92 Å². The number of carbonyl (C=O) groups is 1. The molecule has 1 unspecified atom stereocenters. The van der Waals surface area contributed by atoms with Crippen LogP contribution in [0.25, 0.3) is 0 Å². The minimum atomic E-state index is -0.646. The zero-order valence-electron chi connectivity index (χ0n) is 11.2. The van der Waals surface area contributed by atoms with E-state index in [2.05, 4.69) is 10.1 Å². The Bertz CT molecular complexity index is 465. The van der Waals surface area contributed by atoms with Gasteiger partial charge in [0, 0.05) is 24.6 Å². The van der Waals surface area contributed by atoms with Crippen LogP contribution in [0.1, 0.15) is 43.1 Å². The molecule has 2 aliphatic rings. The fourth-order valence-corrected chi connectivity index (χ4v) is 3.25. The average Bonchev–Trinajstić information content (AvgIpc) is 2.74. The number of carboxylic acids is 1. The molecule has 104 valence electrons. The van der Waals surface area contributed by atoms with Crippen molar-refractivity contribution >= 4 is 5.97 Å². The standard InChI is InChI=1S/C14H20N2O3/c1-9-5-13(15-19-9)11-6-12(7-11)16-4-2-3-10(8-16)14(17)18/h5,10-12H,2-4,6-8H2,1H3,(H,17,18). The van der Waals surface area contributed by atoms with Gasteiger partial charge in [-0.15, -0.1) is 0 Å². The summed E-state index contributed by atoms with van der Waals surface area (Å²) >= 11 is 0. The van der Waals surface area contributed by atoms with Crippen molar-refractivity contribution in [2.45, 2.75) is 44.6 Å². The van der Waals surface area contributed by atoms with Gasteiger partial charge in [0.15, 0.2) is 0 Å². The number of hydrogen-bond acceptors (Lipinski definition) is 4. The van der Waals surface area contributed by atoms with Gasteiger partial charge in [-0.1, -0.05) is 5.16 Å². The minimum Gasteiger partial charge on any atom is -0.481 e. The van der Waals surface area contributed by atoms with Crippen molar-refractivity contribution in [1.82, 2.24) is 10.1 Å². The van der Waals surface area contributed by atoms with Crippen LogP contribution in [0, 0.1) is 12.8 Å². The molecule has 1 saturated carbocycles. The van der Waals surface area contributed by atoms with Gasteiger partial charge in [0.2, 0.25) is 0 Å². The molecule has 0 aromatic carbocycles. The summed E-state index contributed by atoms with van der Waals surface area (Å²) in [5, 5.41) is 13.2. The van der Waals surface area contributed by atoms with Crippen molar-refractivity contribution in [3.05, 3.63) is 17.5 Å². The van der Waals surface area contributed by atoms with Gasteiger partial charge in [0.05, 0.1) is 11.6 Å². The number of piperidine rings is 1. The molecular formula is C14H20N2O3. The molecule has 1 saturated heterocycles. The van der Waals surface area contributed by atoms with E-state index in [4.69, 9.17) is 9.63 Å². The summed E-state index contributed by atoms with van der Waals surface area (Å²) in [6.45, 7) is 3.66. The van der Waals surface area contributed by atoms with Crippen LogP contribution in [-0.4, -0.2) is 40.3 Å². The molecule has 0 bridgehead atoms. The normalized spacial score (nSPS) is 31.9. The number of carboxylic acid groups (broad SMARTS) is 1. The Morgan fingerprint density at radius 1 is 1.53 bits per heavy atom. The van der Waals surface area contributed by atoms with Gasteiger partial charge in [0.25, 0.3) is 0 Å². The molecule has 1 aliphatic carbocycles. The van der Waals surface area contributed by atoms with E-state index in [9.17, 15) is 4.79 Å². The lowest BCUT2D eigenvalue weighted by Crippen LogP contribution is -2.49. The molecule has 0 spiro atoms. The quantitative estimate of drug-likeness (QED) is 0.904. The predicted octanol–water partition coefficient (Wildman–Crippen LogP) is 2.03. The third-order valence-electron chi connectivity index (χ3n) is 4.50. The maximum Gasteiger partial charge on any atom is 0.307 e. The van der Waals surface area contributed by atoms with Crippen LogP contribution >= 0.6 is 0 Å². The van der Waals surface area contributed by atoms with Crippen LogP contribution in [-0.2, 0) is 4.79 Å². The van der Waals surface area contributed by atoms with Crippen LogP contribution in [0.2, 0.25) is 0 Å². The third-order valence-corrected chi connectivity index (χ3v) is 4.50. The Morgan fingerprint density at radius 3 is 2.95 bits per heavy atom. The number of aliphatic carboxylic acids is 1. The van der Waals surface area contributed by atoms with Crippen molar-refractivity contribution in [1.29, 1.82) is 0 Å². The molecule has 2 heterocycles. The lowest BCUT2D eigenvalue weighted by atomic mass is 9.76. The first-order valence-corrected chi connectivity index (χ1v) is 7.03. The monoisotopic (exact) mass is 264 g/mol. The summed E-state index contributed by atoms with van der Waals surface area (Å²) in [7, 11) is 0. The smallest absolute Gasteiger partial charge is 0.307 e. The molecule has 1 atom stereocenters. The zero-order valence-corrected chi connectivity index (χ0v) is 11.2. The fraction of sp³-hybridized carbons (Fsp3) is 0.714. The summed E-state index contributed by atoms with van der Waals surface area (Å²) in [6, 6.07) is 2.54. The van der Waals surface area contributed by atoms with Gasteiger partial charge >= 0.3 is 5.97 Å². The van der Waals surface area contributed by atoms with Crippen LogP contribution in [0.3, 0.4) is 0 Å². The van der Waals surface area contributed by atoms with E-state index >= 15 is 0 Å². The number of nitrogens with zero attached hydrogens (tertiary/aromatic N) is 2. The highest BCUT2D eigenvalue weighted by Gasteiger charge is 2.38. The minimum absolute atomic E-state index is 0.179. The van der Waals surface area contributed by atoms with E-state index < -0.39 is 5.97 Å². The Labute approximate surface area is 112 Å². The highest BCUT2D eigenvalue weighted by Crippen LogP contribution is 2.40. The van der Waals surface area contributed by atoms with Crippen LogP contribution < -0.4 is 0 Å². The maximum atomic E-state index is 11.1. The van der Waals surface area contributed by atoms with Crippen LogP contribution in [0.15, 0.2) is 10.6 Å². The molecule has 0 amide bonds. The van der Waals surface area contributed by atoms with E-state index in [0.29, 0.717) is 18.5 Å². The van der Waals surface area contributed by atoms with E-state index in [1.165, 1.54) is 0 Å². The molecule has 3 rings (SSSR count). The number of hydrogen-bond donors (Lipinski definition) is 1. The Morgan fingerprint density at radius 2 is 2.32 bits per heavy atom. The first-order chi connectivity index (χ1) is 9.13. The van der Waals surface area contributed by atoms with Gasteiger partial charge in [0.1, 0.15) is 5.76 Å². The van der Waals surface area contributed by atoms with E-state index in [1.807, 2.05) is 13.0 Å². The van der Waals surface area contributed by atoms with Crippen molar-refractivity contribution in [2.24, 2.45) is 5.92 Å². The highest BCUT2D eigenvalue weighted by atomic mass is 16.5. The topological polar surface area (TPSA) is 66.6 Å². The lowest BCUT2D eigenvalue weighted by molar-refractivity contribution is -0.144. The summed E-state index contributed by atoms with van der Waals surface area (Å²) in [6.07, 6.45) is 3.99. The third kappa shape index (κ3) is 2.52. The summed E-state index contributed by atoms with van der Waals surface area (Å²) in [5.74, 6) is 0.532. The number of aryl methyl sites for hydroxylation is 1. The Hall–Kier alpha value is -1.36. The molecule has 2 fully saturated rings. The molecule has 0 radical (unpaired) electrons. The van der Waals surface area contributed by atoms with E-state index in [0.717, 1.165) is 43.7 Å². The maximum absolute atomic E-state index is 11.1. The van der Waals surface area contributed by atoms with E-state index in [1.54, 1.807) is 0 Å². The second kappa shape index (κ2) is 4.96. The van der Waals surface area contributed by atoms with Crippen LogP contribution in [0.5, 0.6) is 0 Å². The van der Waals surface area contributed by atoms with Crippen molar-refractivity contribution in [3.8, 4) is 0 Å². The van der Waals surface area contributed by atoms with Gasteiger partial charge in [-0.05, 0) is 39.2 Å². The second-order valence-electron chi connectivity index (χ2n) is 5.86. The predicted molar refractivity (Wildman–Crippen MR) is 68.9 cm³/mol. The summed E-state index contributed by atoms with van der Waals surface area (Å²) in [4.78, 5) is 13.4. The highest BCUT2D eigenvalue weighted by molar-refractivity contribution is 5.70. The first kappa shape index (κ1) is 12.7. The zero-order chi connectivity index (χ0) is 13.4. The molecular weight excluding hydrogens is 244 g/mol. The number of likely N-dealkylation sites (tertiary alicyclic amines) is 1. The molecule has 1 aromatic heterocycles. The number of aromatic nitrogens is 1. The molecule has 5 heteroatoms. The van der Waals surface area contributed by atoms with Gasteiger partial charge in [-0.2, -0.15) is 0 Å². The van der Waals surface area contributed by atoms with Gasteiger partial charge in [-0.25, -0.2) is 0 Å². The van der Waals surface area contributed by atoms with Crippen molar-refractivity contribution in [3.63, 3.8) is 0 Å². The number of rotatable bonds is 3. The van der Waals surface area contributed by atoms with Gasteiger partial charge < -0.3 is 9.63 Å². The molecule has 19 heavy (non-hydrogen) atoms. The largest absolute Gasteiger partial charge is 0.481 e. The molecule has 1 aromatic rings. The average molecular weight is 264 g/mol. The molecule has 5 nitrogen and oxygen atoms in total. The van der Waals surface area contributed by atoms with Crippen LogP contribution in [0.4, 0.5) is 0 Å². The Balaban J connectivity index is 1.54. The fourth-order valence-electron chi connectivity index (χ4n) is 3.25. The first-order valence-electron chi connectivity index (χ1n) is 7.03. The van der Waals surface area contributed by atoms with Crippen molar-refractivity contribution < 1.29 is 14.4 Å². The lowest BCUT2D eigenvalue weighted by Gasteiger charge is -2.45. The summed E-state index contributed by atoms with van der Waals surface area (Å²) in [5.41, 5.74) is 1.06.